The van der Waals surface area contributed by atoms with Gasteiger partial charge in [0, 0.05) is 19.2 Å². The van der Waals surface area contributed by atoms with E-state index in [2.05, 4.69) is 22.7 Å². The normalized spacial score (nSPS) is 26.5. The zero-order valence-electron chi connectivity index (χ0n) is 16.7. The lowest BCUT2D eigenvalue weighted by atomic mass is 9.87. The Balaban J connectivity index is 1.35. The van der Waals surface area contributed by atoms with Gasteiger partial charge >= 0.3 is 0 Å². The van der Waals surface area contributed by atoms with Gasteiger partial charge in [-0.25, -0.2) is 4.84 Å². The summed E-state index contributed by atoms with van der Waals surface area (Å²) in [4.78, 5) is 5.51. The molecule has 3 aliphatic rings. The van der Waals surface area contributed by atoms with Gasteiger partial charge in [-0.2, -0.15) is 0 Å². The van der Waals surface area contributed by atoms with E-state index in [-0.39, 0.29) is 12.5 Å². The minimum atomic E-state index is -0.191. The van der Waals surface area contributed by atoms with Gasteiger partial charge in [-0.15, -0.1) is 0 Å². The molecule has 0 aromatic rings. The van der Waals surface area contributed by atoms with Crippen molar-refractivity contribution >= 4 is 11.6 Å². The maximum absolute atomic E-state index is 6.46. The molecule has 2 atom stereocenters. The van der Waals surface area contributed by atoms with E-state index in [4.69, 9.17) is 21.2 Å². The lowest BCUT2D eigenvalue weighted by molar-refractivity contribution is -0.189. The van der Waals surface area contributed by atoms with E-state index >= 15 is 0 Å². The number of rotatable bonds is 9. The SMILES string of the molecule is C=C(/C=C/C1=CNC(NCCC2CCCCC2)C(Cl)=C1)NOC1CCCCO1. The molecule has 0 aromatic heterocycles. The van der Waals surface area contributed by atoms with Crippen LogP contribution in [0.1, 0.15) is 57.8 Å². The summed E-state index contributed by atoms with van der Waals surface area (Å²) in [5, 5.41) is 7.63. The smallest absolute Gasteiger partial charge is 0.183 e. The highest BCUT2D eigenvalue weighted by molar-refractivity contribution is 6.30. The molecular weight excluding hydrogens is 374 g/mol. The lowest BCUT2D eigenvalue weighted by Crippen LogP contribution is -2.42. The van der Waals surface area contributed by atoms with Crippen LogP contribution in [0.5, 0.6) is 0 Å². The fourth-order valence-electron chi connectivity index (χ4n) is 3.88. The third-order valence-corrected chi connectivity index (χ3v) is 5.89. The Labute approximate surface area is 174 Å². The van der Waals surface area contributed by atoms with Gasteiger partial charge in [0.1, 0.15) is 6.17 Å². The second-order valence-electron chi connectivity index (χ2n) is 7.89. The van der Waals surface area contributed by atoms with Crippen molar-refractivity contribution < 1.29 is 9.57 Å². The van der Waals surface area contributed by atoms with Gasteiger partial charge in [-0.3, -0.25) is 10.8 Å². The summed E-state index contributed by atoms with van der Waals surface area (Å²) in [7, 11) is 0. The van der Waals surface area contributed by atoms with Gasteiger partial charge in [0.2, 0.25) is 0 Å². The molecule has 0 radical (unpaired) electrons. The Hall–Kier alpha value is -1.27. The summed E-state index contributed by atoms with van der Waals surface area (Å²) in [6.07, 6.45) is 18.9. The van der Waals surface area contributed by atoms with Crippen molar-refractivity contribution in [3.05, 3.63) is 47.3 Å². The molecule has 3 N–H and O–H groups in total. The standard InChI is InChI=1S/C22H34ClN3O2/c1-17(26-28-21-9-5-6-14-27-21)10-11-19-15-20(23)22(25-16-19)24-13-12-18-7-3-2-4-8-18/h10-11,15-16,18,21-22,24-26H,1-9,12-14H2/b11-10+. The first kappa shape index (κ1) is 21.4. The van der Waals surface area contributed by atoms with Crippen LogP contribution in [0.3, 0.4) is 0 Å². The van der Waals surface area contributed by atoms with Crippen molar-refractivity contribution in [1.82, 2.24) is 16.1 Å². The second-order valence-corrected chi connectivity index (χ2v) is 8.33. The van der Waals surface area contributed by atoms with E-state index in [0.717, 1.165) is 48.9 Å². The van der Waals surface area contributed by atoms with Crippen molar-refractivity contribution in [2.75, 3.05) is 13.2 Å². The van der Waals surface area contributed by atoms with Gasteiger partial charge in [0.05, 0.1) is 10.7 Å². The molecule has 0 aromatic carbocycles. The first-order valence-electron chi connectivity index (χ1n) is 10.7. The Morgan fingerprint density at radius 2 is 2.07 bits per heavy atom. The third kappa shape index (κ3) is 7.28. The molecule has 1 saturated carbocycles. The molecule has 0 spiro atoms. The predicted octanol–water partition coefficient (Wildman–Crippen LogP) is 4.60. The summed E-state index contributed by atoms with van der Waals surface area (Å²) in [5.41, 5.74) is 4.52. The fourth-order valence-corrected chi connectivity index (χ4v) is 4.15. The minimum absolute atomic E-state index is 0.00415. The fraction of sp³-hybridized carbons (Fsp3) is 0.636. The molecule has 156 valence electrons. The molecule has 2 unspecified atom stereocenters. The topological polar surface area (TPSA) is 54.5 Å². The monoisotopic (exact) mass is 407 g/mol. The van der Waals surface area contributed by atoms with Gasteiger partial charge in [0.25, 0.3) is 0 Å². The van der Waals surface area contributed by atoms with Crippen LogP contribution in [0.2, 0.25) is 0 Å². The Bertz CT molecular complexity index is 591. The molecule has 0 bridgehead atoms. The summed E-state index contributed by atoms with van der Waals surface area (Å²) in [6, 6.07) is 0. The van der Waals surface area contributed by atoms with Crippen LogP contribution in [0.4, 0.5) is 0 Å². The van der Waals surface area contributed by atoms with Crippen LogP contribution in [-0.2, 0) is 9.57 Å². The molecule has 2 fully saturated rings. The van der Waals surface area contributed by atoms with Crippen LogP contribution >= 0.6 is 11.6 Å². The number of allylic oxidation sites excluding steroid dienone is 4. The van der Waals surface area contributed by atoms with Crippen LogP contribution in [0, 0.1) is 5.92 Å². The quantitative estimate of drug-likeness (QED) is 0.385. The van der Waals surface area contributed by atoms with E-state index in [1.165, 1.54) is 38.5 Å². The maximum atomic E-state index is 6.46. The average molecular weight is 408 g/mol. The first-order valence-corrected chi connectivity index (χ1v) is 11.1. The van der Waals surface area contributed by atoms with Gasteiger partial charge < -0.3 is 10.1 Å². The van der Waals surface area contributed by atoms with Crippen molar-refractivity contribution in [1.29, 1.82) is 0 Å². The molecule has 1 saturated heterocycles. The summed E-state index contributed by atoms with van der Waals surface area (Å²) < 4.78 is 5.51. The van der Waals surface area contributed by atoms with Crippen LogP contribution in [0.15, 0.2) is 47.3 Å². The van der Waals surface area contributed by atoms with E-state index in [1.807, 2.05) is 24.4 Å². The predicted molar refractivity (Wildman–Crippen MR) is 114 cm³/mol. The minimum Gasteiger partial charge on any atom is -0.371 e. The van der Waals surface area contributed by atoms with E-state index in [0.29, 0.717) is 5.70 Å². The largest absolute Gasteiger partial charge is 0.371 e. The second kappa shape index (κ2) is 11.7. The molecule has 28 heavy (non-hydrogen) atoms. The summed E-state index contributed by atoms with van der Waals surface area (Å²) >= 11 is 6.46. The van der Waals surface area contributed by atoms with E-state index in [1.54, 1.807) is 0 Å². The van der Waals surface area contributed by atoms with E-state index in [9.17, 15) is 0 Å². The lowest BCUT2D eigenvalue weighted by Gasteiger charge is -2.25. The van der Waals surface area contributed by atoms with Crippen molar-refractivity contribution in [3.8, 4) is 0 Å². The third-order valence-electron chi connectivity index (χ3n) is 5.56. The highest BCUT2D eigenvalue weighted by Crippen LogP contribution is 2.26. The van der Waals surface area contributed by atoms with Crippen LogP contribution in [-0.4, -0.2) is 25.6 Å². The zero-order chi connectivity index (χ0) is 19.6. The number of nitrogens with one attached hydrogen (secondary N) is 3. The molecule has 2 heterocycles. The first-order chi connectivity index (χ1) is 13.7. The molecule has 1 aliphatic carbocycles. The highest BCUT2D eigenvalue weighted by Gasteiger charge is 2.17. The van der Waals surface area contributed by atoms with E-state index < -0.39 is 0 Å². The van der Waals surface area contributed by atoms with Gasteiger partial charge in [-0.1, -0.05) is 56.4 Å². The average Bonchev–Trinajstić information content (AvgIpc) is 2.73. The highest BCUT2D eigenvalue weighted by atomic mass is 35.5. The van der Waals surface area contributed by atoms with Crippen molar-refractivity contribution in [2.24, 2.45) is 5.92 Å². The van der Waals surface area contributed by atoms with Crippen LogP contribution < -0.4 is 16.1 Å². The zero-order valence-corrected chi connectivity index (χ0v) is 17.5. The molecule has 6 heteroatoms. The number of hydrogen-bond donors (Lipinski definition) is 3. The molecular formula is C22H34ClN3O2. The van der Waals surface area contributed by atoms with Gasteiger partial charge in [0.15, 0.2) is 6.29 Å². The van der Waals surface area contributed by atoms with Gasteiger partial charge in [-0.05, 0) is 49.5 Å². The Morgan fingerprint density at radius 3 is 2.82 bits per heavy atom. The number of dihydropyridines is 1. The molecule has 3 rings (SSSR count). The number of hydrogen-bond acceptors (Lipinski definition) is 5. The van der Waals surface area contributed by atoms with Crippen LogP contribution in [0.25, 0.3) is 0 Å². The Kier molecular flexibility index (Phi) is 8.93. The number of hydroxylamine groups is 1. The molecule has 5 nitrogen and oxygen atoms in total. The summed E-state index contributed by atoms with van der Waals surface area (Å²) in [6.45, 7) is 5.70. The van der Waals surface area contributed by atoms with Crippen molar-refractivity contribution in [2.45, 2.75) is 70.2 Å². The van der Waals surface area contributed by atoms with Crippen molar-refractivity contribution in [3.63, 3.8) is 0 Å². The summed E-state index contributed by atoms with van der Waals surface area (Å²) in [5.74, 6) is 0.876. The molecule has 2 aliphatic heterocycles. The number of ether oxygens (including phenoxy) is 1. The molecule has 0 amide bonds. The maximum Gasteiger partial charge on any atom is 0.183 e. The number of halogens is 1. The Morgan fingerprint density at radius 1 is 1.25 bits per heavy atom.